The maximum Gasteiger partial charge on any atom is 0.313 e. The van der Waals surface area contributed by atoms with E-state index in [2.05, 4.69) is 10.3 Å². The minimum absolute atomic E-state index is 0.0165. The van der Waals surface area contributed by atoms with Crippen LogP contribution in [-0.4, -0.2) is 83.9 Å². The summed E-state index contributed by atoms with van der Waals surface area (Å²) >= 11 is 12.9. The summed E-state index contributed by atoms with van der Waals surface area (Å²) in [5, 5.41) is 25.1. The lowest BCUT2D eigenvalue weighted by molar-refractivity contribution is -0.224. The van der Waals surface area contributed by atoms with Gasteiger partial charge < -0.3 is 35.5 Å². The molecule has 13 heteroatoms. The van der Waals surface area contributed by atoms with E-state index >= 15 is 0 Å². The second kappa shape index (κ2) is 20.8. The molecule has 0 aromatic heterocycles. The molecule has 3 unspecified atom stereocenters. The van der Waals surface area contributed by atoms with Crippen molar-refractivity contribution in [3.8, 4) is 5.75 Å². The van der Waals surface area contributed by atoms with E-state index in [9.17, 15) is 24.6 Å². The summed E-state index contributed by atoms with van der Waals surface area (Å²) in [4.78, 5) is 42.1. The predicted octanol–water partition coefficient (Wildman–Crippen LogP) is 5.35. The molecule has 2 rings (SSSR count). The lowest BCUT2D eigenvalue weighted by Gasteiger charge is -2.36. The van der Waals surface area contributed by atoms with Gasteiger partial charge in [0, 0.05) is 25.1 Å². The van der Waals surface area contributed by atoms with Crippen LogP contribution in [0.15, 0.2) is 47.5 Å². The number of carbonyl (C=O) groups excluding carboxylic acids is 3. The average Bonchev–Trinajstić information content (AvgIpc) is 3.07. The third kappa shape index (κ3) is 14.0. The summed E-state index contributed by atoms with van der Waals surface area (Å²) in [7, 11) is 1.52. The Hall–Kier alpha value is -2.96. The number of aliphatic imine (C=N–C) groups is 1. The summed E-state index contributed by atoms with van der Waals surface area (Å²) in [5.41, 5.74) is 4.88. The third-order valence-corrected chi connectivity index (χ3v) is 9.52. The van der Waals surface area contributed by atoms with Crippen molar-refractivity contribution in [2.45, 2.75) is 110 Å². The normalized spacial score (nSPS) is 19.0. The van der Waals surface area contributed by atoms with E-state index < -0.39 is 65.1 Å². The number of carbonyl (C=O) groups is 3. The Bertz CT molecular complexity index is 1350. The highest BCUT2D eigenvalue weighted by molar-refractivity contribution is 6.32. The molecule has 0 spiro atoms. The van der Waals surface area contributed by atoms with Crippen LogP contribution < -0.4 is 15.8 Å². The Morgan fingerprint density at radius 3 is 2.42 bits per heavy atom. The van der Waals surface area contributed by atoms with Crippen molar-refractivity contribution in [1.82, 2.24) is 5.32 Å². The van der Waals surface area contributed by atoms with Crippen LogP contribution in [0.3, 0.4) is 0 Å². The van der Waals surface area contributed by atoms with E-state index in [1.165, 1.54) is 13.3 Å². The standard InChI is InChI=1S/C37H55Cl2N3O8/c1-22(2)18-30(35(46)49-28(14-11-15-31(40)43)23(3)33(44)32(39)26-12-9-8-10-13-26)50-36(47)37(5,6)21-42-34(45)24(4)41-20-25-16-17-29(48-7)27(38)19-25/h8-10,12,16-17,19-20,22-24,26,28,30,32-33,35,44,46H,11,13-15,18,21H2,1-7H3,(H2,40,43)(H,42,45)/t23-,24?,26?,28-,30-,32-,33+,35?/m0/s1. The molecule has 0 radical (unpaired) electrons. The molecule has 1 aliphatic rings. The molecule has 1 aromatic carbocycles. The molecule has 8 atom stereocenters. The fraction of sp³-hybridized carbons (Fsp3) is 0.622. The monoisotopic (exact) mass is 739 g/mol. The summed E-state index contributed by atoms with van der Waals surface area (Å²) in [6, 6.07) is 4.38. The fourth-order valence-electron chi connectivity index (χ4n) is 5.34. The fourth-order valence-corrected chi connectivity index (χ4v) is 6.02. The van der Waals surface area contributed by atoms with E-state index in [4.69, 9.17) is 43.1 Å². The van der Waals surface area contributed by atoms with Crippen LogP contribution in [-0.2, 0) is 23.9 Å². The van der Waals surface area contributed by atoms with Gasteiger partial charge in [-0.05, 0) is 82.1 Å². The molecule has 11 nitrogen and oxygen atoms in total. The van der Waals surface area contributed by atoms with Crippen molar-refractivity contribution in [2.75, 3.05) is 13.7 Å². The Morgan fingerprint density at radius 1 is 1.14 bits per heavy atom. The Balaban J connectivity index is 2.09. The molecule has 1 aromatic rings. The number of methoxy groups -OCH3 is 1. The number of halogens is 2. The molecule has 0 saturated heterocycles. The van der Waals surface area contributed by atoms with E-state index in [1.54, 1.807) is 45.9 Å². The molecule has 5 N–H and O–H groups in total. The first-order valence-corrected chi connectivity index (χ1v) is 17.9. The summed E-state index contributed by atoms with van der Waals surface area (Å²) in [5.74, 6) is -1.61. The van der Waals surface area contributed by atoms with Gasteiger partial charge in [0.2, 0.25) is 11.8 Å². The number of benzene rings is 1. The Kier molecular flexibility index (Phi) is 18.0. The summed E-state index contributed by atoms with van der Waals surface area (Å²) < 4.78 is 17.1. The lowest BCUT2D eigenvalue weighted by Crippen LogP contribution is -2.47. The van der Waals surface area contributed by atoms with Crippen molar-refractivity contribution in [1.29, 1.82) is 0 Å². The first-order valence-electron chi connectivity index (χ1n) is 17.1. The number of hydrogen-bond donors (Lipinski definition) is 4. The minimum Gasteiger partial charge on any atom is -0.495 e. The first-order chi connectivity index (χ1) is 23.5. The smallest absolute Gasteiger partial charge is 0.313 e. The predicted molar refractivity (Wildman–Crippen MR) is 196 cm³/mol. The molecular weight excluding hydrogens is 685 g/mol. The number of nitrogens with two attached hydrogens (primary N) is 1. The molecule has 0 heterocycles. The van der Waals surface area contributed by atoms with Crippen molar-refractivity contribution in [3.63, 3.8) is 0 Å². The SMILES string of the molecule is COc1ccc(C=NC(C)C(=O)NCC(C)(C)C(=O)O[C@@H](CC(C)C)C(O)O[C@@H](CCCC(N)=O)[C@H](C)[C@@H](O)[C@@H](Cl)C2C=CC=CC2)cc1Cl. The topological polar surface area (TPSA) is 170 Å². The highest BCUT2D eigenvalue weighted by Crippen LogP contribution is 2.31. The molecule has 0 bridgehead atoms. The van der Waals surface area contributed by atoms with Crippen LogP contribution in [0.5, 0.6) is 5.75 Å². The van der Waals surface area contributed by atoms with Crippen molar-refractivity contribution in [3.05, 3.63) is 53.1 Å². The second-order valence-electron chi connectivity index (χ2n) is 14.0. The van der Waals surface area contributed by atoms with Gasteiger partial charge in [-0.2, -0.15) is 0 Å². The quantitative estimate of drug-likeness (QED) is 0.0566. The maximum atomic E-state index is 13.5. The van der Waals surface area contributed by atoms with E-state index in [-0.39, 0.29) is 31.2 Å². The number of aliphatic hydroxyl groups excluding tert-OH is 2. The zero-order valence-corrected chi connectivity index (χ0v) is 31.7. The summed E-state index contributed by atoms with van der Waals surface area (Å²) in [6.07, 6.45) is 6.64. The van der Waals surface area contributed by atoms with Crippen LogP contribution >= 0.6 is 23.2 Å². The lowest BCUT2D eigenvalue weighted by atomic mass is 9.85. The van der Waals surface area contributed by atoms with E-state index in [1.807, 2.05) is 38.2 Å². The first kappa shape index (κ1) is 43.2. The van der Waals surface area contributed by atoms with Gasteiger partial charge in [0.25, 0.3) is 0 Å². The largest absolute Gasteiger partial charge is 0.495 e. The molecule has 280 valence electrons. The van der Waals surface area contributed by atoms with Crippen molar-refractivity contribution < 1.29 is 38.8 Å². The maximum absolute atomic E-state index is 13.5. The van der Waals surface area contributed by atoms with Crippen LogP contribution in [0.25, 0.3) is 0 Å². The second-order valence-corrected chi connectivity index (χ2v) is 14.9. The number of rotatable bonds is 21. The third-order valence-electron chi connectivity index (χ3n) is 8.64. The van der Waals surface area contributed by atoms with Crippen LogP contribution in [0, 0.1) is 23.2 Å². The van der Waals surface area contributed by atoms with Gasteiger partial charge in [-0.3, -0.25) is 19.4 Å². The number of nitrogens with one attached hydrogen (secondary N) is 1. The van der Waals surface area contributed by atoms with Gasteiger partial charge in [0.15, 0.2) is 12.4 Å². The number of esters is 1. The molecule has 0 fully saturated rings. The van der Waals surface area contributed by atoms with Gasteiger partial charge in [-0.15, -0.1) is 11.6 Å². The van der Waals surface area contributed by atoms with Gasteiger partial charge >= 0.3 is 5.97 Å². The average molecular weight is 741 g/mol. The van der Waals surface area contributed by atoms with E-state index in [0.717, 1.165) is 0 Å². The molecule has 1 aliphatic carbocycles. The number of amides is 2. The van der Waals surface area contributed by atoms with Gasteiger partial charge in [-0.25, -0.2) is 0 Å². The zero-order chi connectivity index (χ0) is 37.6. The van der Waals surface area contributed by atoms with Crippen LogP contribution in [0.4, 0.5) is 0 Å². The van der Waals surface area contributed by atoms with E-state index in [0.29, 0.717) is 35.6 Å². The number of aliphatic hydroxyl groups is 2. The van der Waals surface area contributed by atoms with Crippen molar-refractivity contribution >= 4 is 47.2 Å². The summed E-state index contributed by atoms with van der Waals surface area (Å²) in [6.45, 7) is 10.4. The van der Waals surface area contributed by atoms with Gasteiger partial charge in [-0.1, -0.05) is 56.7 Å². The van der Waals surface area contributed by atoms with Crippen LogP contribution in [0.1, 0.15) is 79.2 Å². The Labute approximate surface area is 306 Å². The van der Waals surface area contributed by atoms with Gasteiger partial charge in [0.05, 0.1) is 35.1 Å². The number of nitrogens with zero attached hydrogens (tertiary/aromatic N) is 1. The Morgan fingerprint density at radius 2 is 1.84 bits per heavy atom. The minimum atomic E-state index is -1.55. The van der Waals surface area contributed by atoms with Crippen molar-refractivity contribution in [2.24, 2.45) is 33.9 Å². The number of allylic oxidation sites excluding steroid dienone is 4. The zero-order valence-electron chi connectivity index (χ0n) is 30.2. The number of ether oxygens (including phenoxy) is 3. The molecule has 0 aliphatic heterocycles. The molecule has 0 saturated carbocycles. The molecule has 2 amide bonds. The van der Waals surface area contributed by atoms with Crippen LogP contribution in [0.2, 0.25) is 5.02 Å². The number of primary amides is 1. The molecule has 50 heavy (non-hydrogen) atoms. The highest BCUT2D eigenvalue weighted by Gasteiger charge is 2.38. The highest BCUT2D eigenvalue weighted by atomic mass is 35.5. The van der Waals surface area contributed by atoms with Gasteiger partial charge in [0.1, 0.15) is 11.8 Å². The number of hydrogen-bond acceptors (Lipinski definition) is 9. The molecular formula is C37H55Cl2N3O8. The number of alkyl halides is 1.